The number of hydrogen-bond acceptors (Lipinski definition) is 13. The summed E-state index contributed by atoms with van der Waals surface area (Å²) in [6.45, 7) is 14.5. The van der Waals surface area contributed by atoms with Crippen LogP contribution < -0.4 is 15.4 Å². The van der Waals surface area contributed by atoms with Crippen LogP contribution in [0.2, 0.25) is 0 Å². The summed E-state index contributed by atoms with van der Waals surface area (Å²) < 4.78 is 59.6. The third kappa shape index (κ3) is 29.8. The van der Waals surface area contributed by atoms with Crippen molar-refractivity contribution in [2.75, 3.05) is 139 Å². The molecule has 0 radical (unpaired) electrons. The summed E-state index contributed by atoms with van der Waals surface area (Å²) in [6, 6.07) is 6.83. The van der Waals surface area contributed by atoms with E-state index < -0.39 is 11.7 Å². The average Bonchev–Trinajstić information content (AvgIpc) is 3.09. The van der Waals surface area contributed by atoms with Gasteiger partial charge < -0.3 is 62.7 Å². The molecular formula is C35H58N2O13. The molecule has 0 saturated carbocycles. The van der Waals surface area contributed by atoms with Crippen LogP contribution in [-0.4, -0.2) is 156 Å². The van der Waals surface area contributed by atoms with Gasteiger partial charge in [0, 0.05) is 18.7 Å². The molecule has 0 aliphatic carbocycles. The molecule has 2 N–H and O–H groups in total. The Balaban J connectivity index is 1.71. The van der Waals surface area contributed by atoms with E-state index in [0.29, 0.717) is 143 Å². The van der Waals surface area contributed by atoms with Crippen LogP contribution in [0.1, 0.15) is 31.1 Å². The molecule has 0 saturated heterocycles. The van der Waals surface area contributed by atoms with E-state index in [4.69, 9.17) is 58.5 Å². The highest BCUT2D eigenvalue weighted by molar-refractivity contribution is 5.94. The second kappa shape index (κ2) is 31.9. The smallest absolute Gasteiger partial charge is 0.407 e. The second-order valence-electron chi connectivity index (χ2n) is 11.2. The van der Waals surface area contributed by atoms with Gasteiger partial charge in [0.25, 0.3) is 5.91 Å². The third-order valence-electron chi connectivity index (χ3n) is 5.84. The average molecular weight is 715 g/mol. The van der Waals surface area contributed by atoms with Gasteiger partial charge in [-0.15, -0.1) is 6.42 Å². The van der Waals surface area contributed by atoms with Gasteiger partial charge in [-0.25, -0.2) is 4.79 Å². The molecule has 0 heterocycles. The van der Waals surface area contributed by atoms with E-state index in [9.17, 15) is 9.59 Å². The van der Waals surface area contributed by atoms with Crippen molar-refractivity contribution in [2.24, 2.45) is 0 Å². The van der Waals surface area contributed by atoms with Crippen LogP contribution in [0, 0.1) is 12.3 Å². The number of hydrogen-bond donors (Lipinski definition) is 2. The number of rotatable bonds is 33. The summed E-state index contributed by atoms with van der Waals surface area (Å²) in [5.74, 6) is 2.73. The molecule has 15 heteroatoms. The predicted molar refractivity (Wildman–Crippen MR) is 185 cm³/mol. The molecule has 0 aromatic heterocycles. The highest BCUT2D eigenvalue weighted by atomic mass is 16.6. The Morgan fingerprint density at radius 1 is 0.600 bits per heavy atom. The molecule has 0 unspecified atom stereocenters. The fraction of sp³-hybridized carbons (Fsp3) is 0.714. The summed E-state index contributed by atoms with van der Waals surface area (Å²) in [7, 11) is 0. The predicted octanol–water partition coefficient (Wildman–Crippen LogP) is 2.10. The van der Waals surface area contributed by atoms with Crippen LogP contribution in [0.4, 0.5) is 4.79 Å². The molecule has 0 spiro atoms. The van der Waals surface area contributed by atoms with Gasteiger partial charge in [-0.05, 0) is 39.0 Å². The van der Waals surface area contributed by atoms with Gasteiger partial charge in [-0.1, -0.05) is 12.0 Å². The molecule has 286 valence electrons. The van der Waals surface area contributed by atoms with Gasteiger partial charge in [-0.2, -0.15) is 0 Å². The number of amides is 2. The van der Waals surface area contributed by atoms with Crippen molar-refractivity contribution in [1.29, 1.82) is 0 Å². The standard InChI is InChI=1S/C35H58N2O13/c1-5-11-49-32-8-6-7-31(30-32)33(38)36-9-12-40-14-16-42-18-20-44-22-24-46-26-28-48-29-27-47-25-23-45-21-19-43-17-15-41-13-10-37-34(39)50-35(2,3)4/h1,6-8,30H,9-29H2,2-4H3,(H,36,38)(H,37,39). The molecule has 0 fully saturated rings. The first kappa shape index (κ1) is 45.0. The Hall–Kier alpha value is -3.04. The van der Waals surface area contributed by atoms with Gasteiger partial charge in [-0.3, -0.25) is 4.79 Å². The van der Waals surface area contributed by atoms with Crippen molar-refractivity contribution in [2.45, 2.75) is 26.4 Å². The number of benzene rings is 1. The monoisotopic (exact) mass is 714 g/mol. The molecule has 50 heavy (non-hydrogen) atoms. The SMILES string of the molecule is C#CCOc1cccc(C(=O)NCCOCCOCCOCCOCCOCCOCCOCCOCCOCCNC(=O)OC(C)(C)C)c1. The van der Waals surface area contributed by atoms with E-state index in [1.165, 1.54) is 0 Å². The molecule has 15 nitrogen and oxygen atoms in total. The number of ether oxygens (including phenoxy) is 11. The van der Waals surface area contributed by atoms with Crippen LogP contribution >= 0.6 is 0 Å². The van der Waals surface area contributed by atoms with Gasteiger partial charge in [0.05, 0.1) is 119 Å². The van der Waals surface area contributed by atoms with Crippen molar-refractivity contribution < 1.29 is 61.7 Å². The molecule has 0 bridgehead atoms. The van der Waals surface area contributed by atoms with Gasteiger partial charge in [0.2, 0.25) is 0 Å². The summed E-state index contributed by atoms with van der Waals surface area (Å²) in [4.78, 5) is 23.7. The largest absolute Gasteiger partial charge is 0.481 e. The fourth-order valence-electron chi connectivity index (χ4n) is 3.59. The maximum atomic E-state index is 12.2. The Morgan fingerprint density at radius 3 is 1.36 bits per heavy atom. The summed E-state index contributed by atoms with van der Waals surface area (Å²) in [6.07, 6.45) is 4.73. The lowest BCUT2D eigenvalue weighted by Crippen LogP contribution is -2.34. The van der Waals surface area contributed by atoms with E-state index in [-0.39, 0.29) is 12.5 Å². The summed E-state index contributed by atoms with van der Waals surface area (Å²) >= 11 is 0. The molecule has 1 rings (SSSR count). The summed E-state index contributed by atoms with van der Waals surface area (Å²) in [5, 5.41) is 5.42. The molecular weight excluding hydrogens is 656 g/mol. The van der Waals surface area contributed by atoms with Crippen LogP contribution in [0.3, 0.4) is 0 Å². The third-order valence-corrected chi connectivity index (χ3v) is 5.84. The van der Waals surface area contributed by atoms with Crippen molar-refractivity contribution in [1.82, 2.24) is 10.6 Å². The Bertz CT molecular complexity index is 1020. The minimum absolute atomic E-state index is 0.148. The lowest BCUT2D eigenvalue weighted by Gasteiger charge is -2.19. The molecule has 0 aliphatic rings. The number of terminal acetylenes is 1. The minimum Gasteiger partial charge on any atom is -0.481 e. The van der Waals surface area contributed by atoms with E-state index in [2.05, 4.69) is 16.6 Å². The number of carbonyl (C=O) groups excluding carboxylic acids is 2. The van der Waals surface area contributed by atoms with E-state index in [1.54, 1.807) is 24.3 Å². The topological polar surface area (TPSA) is 160 Å². The highest BCUT2D eigenvalue weighted by Crippen LogP contribution is 2.13. The zero-order valence-electron chi connectivity index (χ0n) is 30.0. The van der Waals surface area contributed by atoms with Gasteiger partial charge >= 0.3 is 6.09 Å². The molecule has 2 amide bonds. The first-order valence-electron chi connectivity index (χ1n) is 16.9. The maximum Gasteiger partial charge on any atom is 0.407 e. The molecule has 0 atom stereocenters. The van der Waals surface area contributed by atoms with E-state index in [1.807, 2.05) is 20.8 Å². The first-order valence-corrected chi connectivity index (χ1v) is 16.9. The van der Waals surface area contributed by atoms with Crippen LogP contribution in [0.25, 0.3) is 0 Å². The van der Waals surface area contributed by atoms with Crippen LogP contribution in [0.15, 0.2) is 24.3 Å². The fourth-order valence-corrected chi connectivity index (χ4v) is 3.59. The van der Waals surface area contributed by atoms with Crippen molar-refractivity contribution in [3.05, 3.63) is 29.8 Å². The highest BCUT2D eigenvalue weighted by Gasteiger charge is 2.15. The van der Waals surface area contributed by atoms with Crippen molar-refractivity contribution in [3.8, 4) is 18.1 Å². The zero-order chi connectivity index (χ0) is 36.4. The minimum atomic E-state index is -0.517. The molecule has 1 aromatic rings. The molecule has 1 aromatic carbocycles. The van der Waals surface area contributed by atoms with Gasteiger partial charge in [0.15, 0.2) is 0 Å². The van der Waals surface area contributed by atoms with E-state index >= 15 is 0 Å². The lowest BCUT2D eigenvalue weighted by atomic mass is 10.2. The van der Waals surface area contributed by atoms with Crippen LogP contribution in [0.5, 0.6) is 5.75 Å². The zero-order valence-corrected chi connectivity index (χ0v) is 30.0. The van der Waals surface area contributed by atoms with Gasteiger partial charge in [0.1, 0.15) is 18.0 Å². The normalized spacial score (nSPS) is 11.2. The Morgan fingerprint density at radius 2 is 0.980 bits per heavy atom. The quantitative estimate of drug-likeness (QED) is 0.0806. The Kier molecular flexibility index (Phi) is 28.7. The van der Waals surface area contributed by atoms with Crippen molar-refractivity contribution in [3.63, 3.8) is 0 Å². The number of alkyl carbamates (subject to hydrolysis) is 1. The molecule has 0 aliphatic heterocycles. The van der Waals surface area contributed by atoms with E-state index in [0.717, 1.165) is 0 Å². The summed E-state index contributed by atoms with van der Waals surface area (Å²) in [5.41, 5.74) is -0.0259. The van der Waals surface area contributed by atoms with Crippen molar-refractivity contribution >= 4 is 12.0 Å². The lowest BCUT2D eigenvalue weighted by molar-refractivity contribution is -0.0249. The Labute approximate surface area is 297 Å². The van der Waals surface area contributed by atoms with Crippen LogP contribution in [-0.2, 0) is 47.4 Å². The number of carbonyl (C=O) groups is 2. The number of nitrogens with one attached hydrogen (secondary N) is 2. The second-order valence-corrected chi connectivity index (χ2v) is 11.2. The maximum absolute atomic E-state index is 12.2. The first-order chi connectivity index (χ1) is 24.3.